The van der Waals surface area contributed by atoms with E-state index in [1.54, 1.807) is 13.0 Å². The van der Waals surface area contributed by atoms with Crippen LogP contribution in [-0.2, 0) is 9.53 Å². The third-order valence-electron chi connectivity index (χ3n) is 2.00. The standard InChI is InChI=1S/C10H12ClNO4/c1-6-7(3-4-16-6)9(13)12-5-8(11)10(14)15-2/h3-4,8H,5H2,1-2H3,(H,12,13). The van der Waals surface area contributed by atoms with Crippen LogP contribution in [-0.4, -0.2) is 30.9 Å². The number of alkyl halides is 1. The molecule has 0 bridgehead atoms. The summed E-state index contributed by atoms with van der Waals surface area (Å²) in [6.07, 6.45) is 1.42. The van der Waals surface area contributed by atoms with E-state index in [1.807, 2.05) is 0 Å². The highest BCUT2D eigenvalue weighted by atomic mass is 35.5. The Morgan fingerprint density at radius 3 is 2.81 bits per heavy atom. The van der Waals surface area contributed by atoms with Crippen LogP contribution in [0.2, 0.25) is 0 Å². The van der Waals surface area contributed by atoms with Crippen molar-refractivity contribution in [2.45, 2.75) is 12.3 Å². The third kappa shape index (κ3) is 3.00. The summed E-state index contributed by atoms with van der Waals surface area (Å²) >= 11 is 5.66. The Balaban J connectivity index is 2.48. The first-order valence-corrected chi connectivity index (χ1v) is 5.04. The minimum absolute atomic E-state index is 0.0116. The molecule has 0 aromatic carbocycles. The number of hydrogen-bond acceptors (Lipinski definition) is 4. The summed E-state index contributed by atoms with van der Waals surface area (Å²) in [6.45, 7) is 1.69. The zero-order chi connectivity index (χ0) is 12.1. The topological polar surface area (TPSA) is 68.5 Å². The second-order valence-corrected chi connectivity index (χ2v) is 3.62. The van der Waals surface area contributed by atoms with Gasteiger partial charge < -0.3 is 14.5 Å². The van der Waals surface area contributed by atoms with Gasteiger partial charge in [-0.15, -0.1) is 11.6 Å². The molecule has 1 N–H and O–H groups in total. The van der Waals surface area contributed by atoms with E-state index in [-0.39, 0.29) is 12.5 Å². The molecule has 0 fully saturated rings. The molecule has 6 heteroatoms. The fourth-order valence-corrected chi connectivity index (χ4v) is 1.28. The largest absolute Gasteiger partial charge is 0.469 e. The molecule has 0 aliphatic rings. The van der Waals surface area contributed by atoms with Gasteiger partial charge in [0, 0.05) is 6.54 Å². The molecule has 0 aliphatic heterocycles. The van der Waals surface area contributed by atoms with Gasteiger partial charge in [-0.25, -0.2) is 0 Å². The molecule has 0 radical (unpaired) electrons. The minimum atomic E-state index is -0.888. The summed E-state index contributed by atoms with van der Waals surface area (Å²) in [5, 5.41) is 1.62. The predicted octanol–water partition coefficient (Wildman–Crippen LogP) is 1.10. The van der Waals surface area contributed by atoms with Crippen molar-refractivity contribution in [1.82, 2.24) is 5.32 Å². The lowest BCUT2D eigenvalue weighted by molar-refractivity contribution is -0.140. The van der Waals surface area contributed by atoms with Crippen molar-refractivity contribution in [3.05, 3.63) is 23.7 Å². The number of carbonyl (C=O) groups excluding carboxylic acids is 2. The molecular formula is C10H12ClNO4. The molecule has 0 saturated heterocycles. The van der Waals surface area contributed by atoms with E-state index in [9.17, 15) is 9.59 Å². The third-order valence-corrected chi connectivity index (χ3v) is 2.33. The number of halogens is 1. The highest BCUT2D eigenvalue weighted by Gasteiger charge is 2.18. The zero-order valence-corrected chi connectivity index (χ0v) is 9.71. The summed E-state index contributed by atoms with van der Waals surface area (Å²) in [5.74, 6) is -0.395. The monoisotopic (exact) mass is 245 g/mol. The van der Waals surface area contributed by atoms with E-state index < -0.39 is 11.3 Å². The van der Waals surface area contributed by atoms with Gasteiger partial charge in [0.15, 0.2) is 0 Å². The molecule has 88 valence electrons. The summed E-state index contributed by atoms with van der Waals surface area (Å²) in [6, 6.07) is 1.55. The van der Waals surface area contributed by atoms with Crippen molar-refractivity contribution in [1.29, 1.82) is 0 Å². The van der Waals surface area contributed by atoms with E-state index in [1.165, 1.54) is 13.4 Å². The van der Waals surface area contributed by atoms with Gasteiger partial charge >= 0.3 is 5.97 Å². The molecular weight excluding hydrogens is 234 g/mol. The van der Waals surface area contributed by atoms with Gasteiger partial charge in [-0.3, -0.25) is 9.59 Å². The molecule has 0 saturated carbocycles. The Labute approximate surface area is 97.7 Å². The summed E-state index contributed by atoms with van der Waals surface area (Å²) in [5.41, 5.74) is 0.425. The normalized spacial score (nSPS) is 11.9. The second-order valence-electron chi connectivity index (χ2n) is 3.09. The smallest absolute Gasteiger partial charge is 0.325 e. The van der Waals surface area contributed by atoms with Crippen LogP contribution in [0.15, 0.2) is 16.7 Å². The van der Waals surface area contributed by atoms with Gasteiger partial charge in [0.25, 0.3) is 5.91 Å². The van der Waals surface area contributed by atoms with Crippen molar-refractivity contribution >= 4 is 23.5 Å². The minimum Gasteiger partial charge on any atom is -0.469 e. The van der Waals surface area contributed by atoms with Crippen LogP contribution in [0.3, 0.4) is 0 Å². The number of furan rings is 1. The SMILES string of the molecule is COC(=O)C(Cl)CNC(=O)c1ccoc1C. The number of aryl methyl sites for hydroxylation is 1. The molecule has 1 amide bonds. The second kappa shape index (κ2) is 5.55. The summed E-state index contributed by atoms with van der Waals surface area (Å²) < 4.78 is 9.39. The Kier molecular flexibility index (Phi) is 4.37. The maximum absolute atomic E-state index is 11.6. The number of rotatable bonds is 4. The molecule has 0 aliphatic carbocycles. The van der Waals surface area contributed by atoms with Gasteiger partial charge in [-0.2, -0.15) is 0 Å². The zero-order valence-electron chi connectivity index (χ0n) is 8.95. The molecule has 1 atom stereocenters. The lowest BCUT2D eigenvalue weighted by atomic mass is 10.2. The molecule has 16 heavy (non-hydrogen) atoms. The van der Waals surface area contributed by atoms with Crippen LogP contribution >= 0.6 is 11.6 Å². The fourth-order valence-electron chi connectivity index (χ4n) is 1.11. The van der Waals surface area contributed by atoms with Crippen LogP contribution in [0.1, 0.15) is 16.1 Å². The van der Waals surface area contributed by atoms with E-state index >= 15 is 0 Å². The number of esters is 1. The molecule has 1 aromatic rings. The molecule has 1 aromatic heterocycles. The number of hydrogen-bond donors (Lipinski definition) is 1. The van der Waals surface area contributed by atoms with Crippen LogP contribution in [0, 0.1) is 6.92 Å². The average molecular weight is 246 g/mol. The van der Waals surface area contributed by atoms with Crippen molar-refractivity contribution in [2.75, 3.05) is 13.7 Å². The molecule has 1 heterocycles. The van der Waals surface area contributed by atoms with Gasteiger partial charge in [0.2, 0.25) is 0 Å². The fraction of sp³-hybridized carbons (Fsp3) is 0.400. The van der Waals surface area contributed by atoms with Gasteiger partial charge in [0.05, 0.1) is 18.9 Å². The highest BCUT2D eigenvalue weighted by molar-refractivity contribution is 6.30. The Morgan fingerprint density at radius 2 is 2.31 bits per heavy atom. The van der Waals surface area contributed by atoms with E-state index in [0.717, 1.165) is 0 Å². The predicted molar refractivity (Wildman–Crippen MR) is 57.4 cm³/mol. The van der Waals surface area contributed by atoms with E-state index in [4.69, 9.17) is 16.0 Å². The van der Waals surface area contributed by atoms with Crippen LogP contribution < -0.4 is 5.32 Å². The van der Waals surface area contributed by atoms with Gasteiger partial charge in [-0.05, 0) is 13.0 Å². The first-order valence-electron chi connectivity index (χ1n) is 4.60. The maximum atomic E-state index is 11.6. The van der Waals surface area contributed by atoms with Gasteiger partial charge in [0.1, 0.15) is 11.1 Å². The van der Waals surface area contributed by atoms with Gasteiger partial charge in [-0.1, -0.05) is 0 Å². The number of ether oxygens (including phenoxy) is 1. The number of nitrogens with one attached hydrogen (secondary N) is 1. The highest BCUT2D eigenvalue weighted by Crippen LogP contribution is 2.08. The number of amides is 1. The maximum Gasteiger partial charge on any atom is 0.325 e. The number of carbonyl (C=O) groups is 2. The van der Waals surface area contributed by atoms with Crippen molar-refractivity contribution in [2.24, 2.45) is 0 Å². The van der Waals surface area contributed by atoms with Crippen LogP contribution in [0.25, 0.3) is 0 Å². The first-order chi connectivity index (χ1) is 7.56. The Morgan fingerprint density at radius 1 is 1.62 bits per heavy atom. The average Bonchev–Trinajstić information content (AvgIpc) is 2.70. The van der Waals surface area contributed by atoms with Crippen molar-refractivity contribution in [3.63, 3.8) is 0 Å². The lowest BCUT2D eigenvalue weighted by Gasteiger charge is -2.08. The van der Waals surface area contributed by atoms with Crippen LogP contribution in [0.5, 0.6) is 0 Å². The summed E-state index contributed by atoms with van der Waals surface area (Å²) in [7, 11) is 1.24. The molecule has 0 spiro atoms. The van der Waals surface area contributed by atoms with E-state index in [0.29, 0.717) is 11.3 Å². The van der Waals surface area contributed by atoms with Crippen molar-refractivity contribution < 1.29 is 18.7 Å². The Bertz CT molecular complexity index is 388. The van der Waals surface area contributed by atoms with Crippen molar-refractivity contribution in [3.8, 4) is 0 Å². The molecule has 1 rings (SSSR count). The van der Waals surface area contributed by atoms with E-state index in [2.05, 4.69) is 10.1 Å². The molecule has 1 unspecified atom stereocenters. The summed E-state index contributed by atoms with van der Waals surface area (Å²) in [4.78, 5) is 22.5. The Hall–Kier alpha value is -1.49. The lowest BCUT2D eigenvalue weighted by Crippen LogP contribution is -2.34. The number of methoxy groups -OCH3 is 1. The molecule has 5 nitrogen and oxygen atoms in total. The quantitative estimate of drug-likeness (QED) is 0.637. The van der Waals surface area contributed by atoms with Crippen LogP contribution in [0.4, 0.5) is 0 Å². The first kappa shape index (κ1) is 12.6.